The lowest BCUT2D eigenvalue weighted by Crippen LogP contribution is -2.46. The second-order valence-electron chi connectivity index (χ2n) is 11.3. The van der Waals surface area contributed by atoms with Gasteiger partial charge < -0.3 is 40.3 Å². The summed E-state index contributed by atoms with van der Waals surface area (Å²) in [7, 11) is 3.23. The summed E-state index contributed by atoms with van der Waals surface area (Å²) in [6.07, 6.45) is 2.03. The van der Waals surface area contributed by atoms with Crippen LogP contribution in [0.5, 0.6) is 11.5 Å². The average Bonchev–Trinajstić information content (AvgIpc) is 2.93. The molecule has 0 bridgehead atoms. The Morgan fingerprint density at radius 3 is 2.24 bits per heavy atom. The van der Waals surface area contributed by atoms with Gasteiger partial charge in [-0.1, -0.05) is 33.8 Å². The summed E-state index contributed by atoms with van der Waals surface area (Å²) in [5, 5.41) is 37.5. The van der Waals surface area contributed by atoms with Crippen LogP contribution in [0.1, 0.15) is 52.5 Å². The molecular weight excluding hydrogens is 542 g/mol. The fraction of sp³-hybridized carbons (Fsp3) is 0.581. The molecule has 4 N–H and O–H groups in total. The molecule has 11 nitrogen and oxygen atoms in total. The predicted molar refractivity (Wildman–Crippen MR) is 160 cm³/mol. The largest absolute Gasteiger partial charge is 0.619 e. The Labute approximate surface area is 248 Å². The SMILES string of the molecule is COCCCOc1cc(C[C@@H](C[C@H](NC(=O)O)[C@@H](O)C[C@H](C(=O)Nc2cc[n+]([O-])cc2)C(C)C)C(C)C)ccc1OC. The molecule has 1 heterocycles. The number of aliphatic hydroxyl groups excluding tert-OH is 1. The van der Waals surface area contributed by atoms with Gasteiger partial charge in [-0.05, 0) is 54.7 Å². The van der Waals surface area contributed by atoms with E-state index in [1.165, 1.54) is 24.5 Å². The molecule has 0 radical (unpaired) electrons. The molecule has 0 unspecified atom stereocenters. The summed E-state index contributed by atoms with van der Waals surface area (Å²) < 4.78 is 17.1. The van der Waals surface area contributed by atoms with Crippen molar-refractivity contribution in [2.24, 2.45) is 23.7 Å². The number of nitrogens with one attached hydrogen (secondary N) is 2. The normalized spacial score (nSPS) is 14.2. The molecule has 0 saturated carbocycles. The van der Waals surface area contributed by atoms with Gasteiger partial charge in [0, 0.05) is 38.2 Å². The van der Waals surface area contributed by atoms with Crippen LogP contribution in [0.25, 0.3) is 0 Å². The highest BCUT2D eigenvalue weighted by atomic mass is 16.5. The van der Waals surface area contributed by atoms with Crippen LogP contribution in [0.4, 0.5) is 10.5 Å². The summed E-state index contributed by atoms with van der Waals surface area (Å²) in [6, 6.07) is 7.96. The van der Waals surface area contributed by atoms with Crippen LogP contribution in [-0.4, -0.2) is 61.8 Å². The number of hydrogen-bond donors (Lipinski definition) is 4. The number of amides is 2. The van der Waals surface area contributed by atoms with Crippen molar-refractivity contribution in [3.63, 3.8) is 0 Å². The average molecular weight is 590 g/mol. The first-order valence-electron chi connectivity index (χ1n) is 14.4. The van der Waals surface area contributed by atoms with Gasteiger partial charge in [0.1, 0.15) is 0 Å². The van der Waals surface area contributed by atoms with Crippen LogP contribution < -0.4 is 24.8 Å². The molecule has 1 aromatic carbocycles. The quantitative estimate of drug-likeness (QED) is 0.114. The van der Waals surface area contributed by atoms with E-state index in [0.717, 1.165) is 12.0 Å². The standard InChI is InChI=1S/C31H47N3O8/c1-20(2)23(16-22-8-9-28(41-6)29(17-22)42-15-7-14-40-5)18-26(33-31(37)38)27(35)19-25(21(3)4)30(36)32-24-10-12-34(39)13-11-24/h8-13,17,20-21,23,25-27,33,35H,7,14-16,18-19H2,1-6H3,(H,32,36)(H,37,38)/t23-,25-,26-,27-/m0/s1. The second-order valence-corrected chi connectivity index (χ2v) is 11.3. The monoisotopic (exact) mass is 589 g/mol. The zero-order valence-electron chi connectivity index (χ0n) is 25.5. The third-order valence-electron chi connectivity index (χ3n) is 7.46. The number of methoxy groups -OCH3 is 2. The fourth-order valence-electron chi connectivity index (χ4n) is 4.87. The topological polar surface area (TPSA) is 153 Å². The number of aliphatic hydroxyl groups is 1. The Balaban J connectivity index is 2.18. The van der Waals surface area contributed by atoms with Gasteiger partial charge >= 0.3 is 6.09 Å². The number of hydrogen-bond acceptors (Lipinski definition) is 7. The molecule has 234 valence electrons. The molecular formula is C31H47N3O8. The number of rotatable bonds is 18. The zero-order valence-corrected chi connectivity index (χ0v) is 25.5. The molecule has 0 fully saturated rings. The number of carboxylic acid groups (broad SMARTS) is 1. The van der Waals surface area contributed by atoms with E-state index in [-0.39, 0.29) is 30.1 Å². The highest BCUT2D eigenvalue weighted by Gasteiger charge is 2.32. The molecule has 0 aliphatic carbocycles. The van der Waals surface area contributed by atoms with E-state index in [1.807, 2.05) is 32.0 Å². The first-order chi connectivity index (χ1) is 19.9. The molecule has 11 heteroatoms. The molecule has 42 heavy (non-hydrogen) atoms. The first kappa shape index (κ1) is 34.6. The highest BCUT2D eigenvalue weighted by Crippen LogP contribution is 2.32. The summed E-state index contributed by atoms with van der Waals surface area (Å²) in [5.41, 5.74) is 1.47. The van der Waals surface area contributed by atoms with E-state index >= 15 is 0 Å². The molecule has 0 aliphatic heterocycles. The maximum atomic E-state index is 13.1. The maximum absolute atomic E-state index is 13.1. The maximum Gasteiger partial charge on any atom is 0.404 e. The van der Waals surface area contributed by atoms with Crippen molar-refractivity contribution in [3.8, 4) is 11.5 Å². The minimum atomic E-state index is -1.24. The summed E-state index contributed by atoms with van der Waals surface area (Å²) in [5.74, 6) is 0.422. The Morgan fingerprint density at radius 2 is 1.67 bits per heavy atom. The highest BCUT2D eigenvalue weighted by molar-refractivity contribution is 5.92. The smallest absolute Gasteiger partial charge is 0.404 e. The molecule has 4 atom stereocenters. The lowest BCUT2D eigenvalue weighted by molar-refractivity contribution is -0.605. The van der Waals surface area contributed by atoms with E-state index in [0.29, 0.717) is 48.0 Å². The van der Waals surface area contributed by atoms with Crippen molar-refractivity contribution >= 4 is 17.7 Å². The minimum absolute atomic E-state index is 0.0145. The van der Waals surface area contributed by atoms with Crippen molar-refractivity contribution in [2.75, 3.05) is 32.8 Å². The Kier molecular flexibility index (Phi) is 14.3. The number of carbonyl (C=O) groups excluding carboxylic acids is 1. The Hall–Kier alpha value is -3.57. The van der Waals surface area contributed by atoms with Gasteiger partial charge in [-0.2, -0.15) is 4.73 Å². The summed E-state index contributed by atoms with van der Waals surface area (Å²) >= 11 is 0. The number of benzene rings is 1. The molecule has 0 aliphatic rings. The number of nitrogens with zero attached hydrogens (tertiary/aromatic N) is 1. The van der Waals surface area contributed by atoms with Gasteiger partial charge in [0.15, 0.2) is 23.9 Å². The zero-order chi connectivity index (χ0) is 31.2. The lowest BCUT2D eigenvalue weighted by Gasteiger charge is -2.32. The van der Waals surface area contributed by atoms with Gasteiger partial charge in [0.2, 0.25) is 5.91 Å². The Bertz CT molecular complexity index is 1110. The van der Waals surface area contributed by atoms with Crippen LogP contribution in [0, 0.1) is 28.9 Å². The van der Waals surface area contributed by atoms with Crippen molar-refractivity contribution in [3.05, 3.63) is 53.5 Å². The van der Waals surface area contributed by atoms with Crippen molar-refractivity contribution in [1.29, 1.82) is 0 Å². The van der Waals surface area contributed by atoms with E-state index in [2.05, 4.69) is 24.5 Å². The molecule has 0 spiro atoms. The molecule has 2 rings (SSSR count). The first-order valence-corrected chi connectivity index (χ1v) is 14.4. The van der Waals surface area contributed by atoms with Crippen molar-refractivity contribution in [1.82, 2.24) is 5.32 Å². The Morgan fingerprint density at radius 1 is 0.976 bits per heavy atom. The third-order valence-corrected chi connectivity index (χ3v) is 7.46. The van der Waals surface area contributed by atoms with E-state index < -0.39 is 24.2 Å². The van der Waals surface area contributed by atoms with E-state index in [1.54, 1.807) is 14.2 Å². The van der Waals surface area contributed by atoms with Gasteiger partial charge in [-0.3, -0.25) is 4.79 Å². The molecule has 1 aromatic heterocycles. The van der Waals surface area contributed by atoms with Crippen LogP contribution in [0.3, 0.4) is 0 Å². The minimum Gasteiger partial charge on any atom is -0.619 e. The van der Waals surface area contributed by atoms with E-state index in [9.17, 15) is 25.0 Å². The molecule has 2 aromatic rings. The van der Waals surface area contributed by atoms with Gasteiger partial charge in [-0.25, -0.2) is 4.79 Å². The number of aromatic nitrogens is 1. The predicted octanol–water partition coefficient (Wildman–Crippen LogP) is 4.25. The fourth-order valence-corrected chi connectivity index (χ4v) is 4.87. The summed E-state index contributed by atoms with van der Waals surface area (Å²) in [6.45, 7) is 8.95. The number of anilines is 1. The van der Waals surface area contributed by atoms with E-state index in [4.69, 9.17) is 14.2 Å². The third kappa shape index (κ3) is 11.4. The number of carbonyl (C=O) groups is 2. The van der Waals surface area contributed by atoms with Crippen molar-refractivity contribution < 1.29 is 38.7 Å². The van der Waals surface area contributed by atoms with Gasteiger partial charge in [0.25, 0.3) is 0 Å². The van der Waals surface area contributed by atoms with Crippen LogP contribution >= 0.6 is 0 Å². The van der Waals surface area contributed by atoms with Gasteiger partial charge in [-0.15, -0.1) is 0 Å². The van der Waals surface area contributed by atoms with Gasteiger partial charge in [0.05, 0.1) is 31.5 Å². The summed E-state index contributed by atoms with van der Waals surface area (Å²) in [4.78, 5) is 24.9. The number of ether oxygens (including phenoxy) is 3. The lowest BCUT2D eigenvalue weighted by atomic mass is 9.80. The van der Waals surface area contributed by atoms with Crippen LogP contribution in [-0.2, 0) is 16.0 Å². The van der Waals surface area contributed by atoms with Crippen LogP contribution in [0.2, 0.25) is 0 Å². The molecule has 2 amide bonds. The van der Waals surface area contributed by atoms with Crippen molar-refractivity contribution in [2.45, 2.75) is 65.5 Å². The second kappa shape index (κ2) is 17.4. The van der Waals surface area contributed by atoms with Crippen LogP contribution in [0.15, 0.2) is 42.7 Å². The number of pyridine rings is 1. The molecule has 0 saturated heterocycles.